The first-order chi connectivity index (χ1) is 12.0. The topological polar surface area (TPSA) is 71.3 Å². The molecule has 0 bridgehead atoms. The molecule has 1 amide bonds. The van der Waals surface area contributed by atoms with E-state index >= 15 is 0 Å². The third kappa shape index (κ3) is 5.50. The second-order valence-corrected chi connectivity index (χ2v) is 6.35. The Hall–Kier alpha value is -2.52. The van der Waals surface area contributed by atoms with Crippen LogP contribution in [0, 0.1) is 18.3 Å². The maximum Gasteiger partial charge on any atom is 0.224 e. The van der Waals surface area contributed by atoms with Crippen molar-refractivity contribution >= 4 is 27.5 Å². The Bertz CT molecular complexity index is 800. The van der Waals surface area contributed by atoms with Gasteiger partial charge in [-0.2, -0.15) is 5.26 Å². The highest BCUT2D eigenvalue weighted by atomic mass is 79.9. The number of benzene rings is 2. The molecule has 0 unspecified atom stereocenters. The summed E-state index contributed by atoms with van der Waals surface area (Å²) in [6.07, 6.45) is 0.923. The molecule has 0 spiro atoms. The molecular formula is C19H19BrN2O3. The standard InChI is InChI=1S/C19H19BrN2O3/c1-13-5-7-15(20)11-16(13)22-19(23)4-3-9-25-17-8-6-14(12-21)10-18(17)24-2/h5-8,10-11H,3-4,9H2,1-2H3,(H,22,23). The summed E-state index contributed by atoms with van der Waals surface area (Å²) in [4.78, 5) is 12.1. The summed E-state index contributed by atoms with van der Waals surface area (Å²) in [6.45, 7) is 2.33. The molecule has 130 valence electrons. The minimum Gasteiger partial charge on any atom is -0.493 e. The zero-order valence-electron chi connectivity index (χ0n) is 14.1. The molecule has 0 aliphatic heterocycles. The van der Waals surface area contributed by atoms with Crippen molar-refractivity contribution in [3.8, 4) is 17.6 Å². The number of amides is 1. The van der Waals surface area contributed by atoms with Crippen molar-refractivity contribution in [2.75, 3.05) is 19.0 Å². The van der Waals surface area contributed by atoms with Gasteiger partial charge in [0.05, 0.1) is 25.3 Å². The molecule has 6 heteroatoms. The lowest BCUT2D eigenvalue weighted by molar-refractivity contribution is -0.116. The Morgan fingerprint density at radius 1 is 1.24 bits per heavy atom. The summed E-state index contributed by atoms with van der Waals surface area (Å²) < 4.78 is 11.8. The van der Waals surface area contributed by atoms with Crippen LogP contribution >= 0.6 is 15.9 Å². The number of hydrogen-bond acceptors (Lipinski definition) is 4. The van der Waals surface area contributed by atoms with Gasteiger partial charge in [0, 0.05) is 22.6 Å². The van der Waals surface area contributed by atoms with Crippen LogP contribution in [0.15, 0.2) is 40.9 Å². The lowest BCUT2D eigenvalue weighted by atomic mass is 10.2. The number of carbonyl (C=O) groups excluding carboxylic acids is 1. The molecule has 2 aromatic rings. The smallest absolute Gasteiger partial charge is 0.224 e. The summed E-state index contributed by atoms with van der Waals surface area (Å²) in [5.41, 5.74) is 2.32. The number of aryl methyl sites for hydroxylation is 1. The molecule has 1 N–H and O–H groups in total. The van der Waals surface area contributed by atoms with Crippen LogP contribution in [0.5, 0.6) is 11.5 Å². The van der Waals surface area contributed by atoms with Crippen LogP contribution in [0.4, 0.5) is 5.69 Å². The molecule has 0 radical (unpaired) electrons. The number of ether oxygens (including phenoxy) is 2. The van der Waals surface area contributed by atoms with Gasteiger partial charge < -0.3 is 14.8 Å². The van der Waals surface area contributed by atoms with Crippen LogP contribution in [0.25, 0.3) is 0 Å². The van der Waals surface area contributed by atoms with E-state index in [1.165, 1.54) is 7.11 Å². The highest BCUT2D eigenvalue weighted by molar-refractivity contribution is 9.10. The Morgan fingerprint density at radius 3 is 2.76 bits per heavy atom. The highest BCUT2D eigenvalue weighted by Crippen LogP contribution is 2.28. The quantitative estimate of drug-likeness (QED) is 0.694. The van der Waals surface area contributed by atoms with Gasteiger partial charge in [-0.1, -0.05) is 22.0 Å². The molecule has 0 atom stereocenters. The van der Waals surface area contributed by atoms with E-state index in [2.05, 4.69) is 27.3 Å². The Morgan fingerprint density at radius 2 is 2.04 bits per heavy atom. The Balaban J connectivity index is 1.82. The van der Waals surface area contributed by atoms with Crippen molar-refractivity contribution in [3.05, 3.63) is 52.0 Å². The van der Waals surface area contributed by atoms with Gasteiger partial charge in [0.25, 0.3) is 0 Å². The second kappa shape index (κ2) is 9.09. The molecule has 2 rings (SSSR count). The van der Waals surface area contributed by atoms with Crippen LogP contribution in [-0.4, -0.2) is 19.6 Å². The summed E-state index contributed by atoms with van der Waals surface area (Å²) >= 11 is 3.40. The van der Waals surface area contributed by atoms with Crippen LogP contribution in [0.1, 0.15) is 24.0 Å². The molecule has 0 saturated carbocycles. The molecule has 0 aliphatic carbocycles. The van der Waals surface area contributed by atoms with Crippen molar-refractivity contribution in [2.24, 2.45) is 0 Å². The van der Waals surface area contributed by atoms with Gasteiger partial charge in [0.1, 0.15) is 0 Å². The normalized spacial score (nSPS) is 10.0. The summed E-state index contributed by atoms with van der Waals surface area (Å²) in [5.74, 6) is 1.01. The van der Waals surface area contributed by atoms with Crippen LogP contribution in [0.2, 0.25) is 0 Å². The van der Waals surface area contributed by atoms with Crippen molar-refractivity contribution in [1.29, 1.82) is 5.26 Å². The number of halogens is 1. The van der Waals surface area contributed by atoms with Crippen molar-refractivity contribution in [1.82, 2.24) is 0 Å². The zero-order valence-corrected chi connectivity index (χ0v) is 15.7. The number of hydrogen-bond donors (Lipinski definition) is 1. The molecule has 0 fully saturated rings. The van der Waals surface area contributed by atoms with Crippen molar-refractivity contribution in [2.45, 2.75) is 19.8 Å². The molecular weight excluding hydrogens is 384 g/mol. The fourth-order valence-corrected chi connectivity index (χ4v) is 2.57. The van der Waals surface area contributed by atoms with E-state index in [-0.39, 0.29) is 5.91 Å². The van der Waals surface area contributed by atoms with Gasteiger partial charge in [-0.3, -0.25) is 4.79 Å². The van der Waals surface area contributed by atoms with Gasteiger partial charge >= 0.3 is 0 Å². The van der Waals surface area contributed by atoms with Crippen LogP contribution in [-0.2, 0) is 4.79 Å². The predicted octanol–water partition coefficient (Wildman–Crippen LogP) is 4.44. The van der Waals surface area contributed by atoms with E-state index in [4.69, 9.17) is 14.7 Å². The van der Waals surface area contributed by atoms with Gasteiger partial charge in [0.15, 0.2) is 11.5 Å². The molecule has 2 aromatic carbocycles. The first-order valence-corrected chi connectivity index (χ1v) is 8.59. The fraction of sp³-hybridized carbons (Fsp3) is 0.263. The largest absolute Gasteiger partial charge is 0.493 e. The number of carbonyl (C=O) groups is 1. The third-order valence-corrected chi connectivity index (χ3v) is 4.07. The van der Waals surface area contributed by atoms with Crippen molar-refractivity contribution < 1.29 is 14.3 Å². The number of nitriles is 1. The average molecular weight is 403 g/mol. The van der Waals surface area contributed by atoms with Gasteiger partial charge in [-0.25, -0.2) is 0 Å². The van der Waals surface area contributed by atoms with E-state index in [0.29, 0.717) is 36.5 Å². The monoisotopic (exact) mass is 402 g/mol. The first kappa shape index (κ1) is 18.8. The molecule has 5 nitrogen and oxygen atoms in total. The predicted molar refractivity (Wildman–Crippen MR) is 99.9 cm³/mol. The Labute approximate surface area is 155 Å². The van der Waals surface area contributed by atoms with Crippen LogP contribution in [0.3, 0.4) is 0 Å². The number of nitrogens with one attached hydrogen (secondary N) is 1. The van der Waals surface area contributed by atoms with E-state index in [9.17, 15) is 4.79 Å². The minimum atomic E-state index is -0.0587. The molecule has 25 heavy (non-hydrogen) atoms. The lowest BCUT2D eigenvalue weighted by Gasteiger charge is -2.11. The van der Waals surface area contributed by atoms with Gasteiger partial charge in [-0.05, 0) is 43.2 Å². The van der Waals surface area contributed by atoms with E-state index in [0.717, 1.165) is 15.7 Å². The zero-order chi connectivity index (χ0) is 18.2. The number of anilines is 1. The fourth-order valence-electron chi connectivity index (χ4n) is 2.21. The maximum atomic E-state index is 12.1. The first-order valence-electron chi connectivity index (χ1n) is 7.80. The van der Waals surface area contributed by atoms with Gasteiger partial charge in [-0.15, -0.1) is 0 Å². The number of rotatable bonds is 7. The third-order valence-electron chi connectivity index (χ3n) is 3.57. The molecule has 0 heterocycles. The number of methoxy groups -OCH3 is 1. The van der Waals surface area contributed by atoms with E-state index in [1.807, 2.05) is 25.1 Å². The lowest BCUT2D eigenvalue weighted by Crippen LogP contribution is -2.13. The van der Waals surface area contributed by atoms with Crippen LogP contribution < -0.4 is 14.8 Å². The minimum absolute atomic E-state index is 0.0587. The maximum absolute atomic E-state index is 12.1. The SMILES string of the molecule is COc1cc(C#N)ccc1OCCCC(=O)Nc1cc(Br)ccc1C. The average Bonchev–Trinajstić information content (AvgIpc) is 2.61. The van der Waals surface area contributed by atoms with Crippen molar-refractivity contribution in [3.63, 3.8) is 0 Å². The van der Waals surface area contributed by atoms with E-state index < -0.39 is 0 Å². The number of nitrogens with zero attached hydrogens (tertiary/aromatic N) is 1. The van der Waals surface area contributed by atoms with E-state index in [1.54, 1.807) is 18.2 Å². The summed E-state index contributed by atoms with van der Waals surface area (Å²) in [5, 5.41) is 11.8. The summed E-state index contributed by atoms with van der Waals surface area (Å²) in [6, 6.07) is 12.8. The molecule has 0 aromatic heterocycles. The van der Waals surface area contributed by atoms with Gasteiger partial charge in [0.2, 0.25) is 5.91 Å². The summed E-state index contributed by atoms with van der Waals surface area (Å²) in [7, 11) is 1.52. The Kier molecular flexibility index (Phi) is 6.84. The molecule has 0 aliphatic rings. The highest BCUT2D eigenvalue weighted by Gasteiger charge is 2.08. The second-order valence-electron chi connectivity index (χ2n) is 5.44. The molecule has 0 saturated heterocycles.